The quantitative estimate of drug-likeness (QED) is 0.510. The number of nitrogens with zero attached hydrogens (tertiary/aromatic N) is 2. The highest BCUT2D eigenvalue weighted by Crippen LogP contribution is 2.39. The summed E-state index contributed by atoms with van der Waals surface area (Å²) in [4.78, 5) is 12.5. The van der Waals surface area contributed by atoms with Crippen LogP contribution >= 0.6 is 0 Å². The zero-order valence-electron chi connectivity index (χ0n) is 19.1. The minimum atomic E-state index is -4.16. The Kier molecular flexibility index (Phi) is 7.19. The third kappa shape index (κ3) is 5.00. The zero-order valence-corrected chi connectivity index (χ0v) is 19.9. The summed E-state index contributed by atoms with van der Waals surface area (Å²) >= 11 is 0. The lowest BCUT2D eigenvalue weighted by Gasteiger charge is -2.35. The number of nitrogens with one attached hydrogen (secondary N) is 1. The van der Waals surface area contributed by atoms with E-state index in [4.69, 9.17) is 9.47 Å². The van der Waals surface area contributed by atoms with Gasteiger partial charge in [-0.25, -0.2) is 17.2 Å². The van der Waals surface area contributed by atoms with Crippen molar-refractivity contribution in [3.05, 3.63) is 83.4 Å². The van der Waals surface area contributed by atoms with Crippen LogP contribution in [0.1, 0.15) is 22.8 Å². The van der Waals surface area contributed by atoms with E-state index in [0.717, 1.165) is 22.5 Å². The molecule has 1 heterocycles. The van der Waals surface area contributed by atoms with Crippen LogP contribution in [0.3, 0.4) is 0 Å². The molecule has 1 N–H and O–H groups in total. The number of sulfonamides is 1. The lowest BCUT2D eigenvalue weighted by molar-refractivity contribution is 0.0577. The Balaban J connectivity index is 1.73. The molecule has 0 saturated carbocycles. The van der Waals surface area contributed by atoms with Crippen molar-refractivity contribution in [2.24, 2.45) is 0 Å². The van der Waals surface area contributed by atoms with E-state index in [0.29, 0.717) is 6.61 Å². The molecule has 0 bridgehead atoms. The molecule has 0 radical (unpaired) electrons. The van der Waals surface area contributed by atoms with Gasteiger partial charge in [-0.1, -0.05) is 12.1 Å². The van der Waals surface area contributed by atoms with Crippen LogP contribution in [0, 0.1) is 23.0 Å². The molecule has 186 valence electrons. The number of carbonyl (C=O) groups excluding carboxylic acids is 1. The second-order valence-electron chi connectivity index (χ2n) is 7.81. The maximum absolute atomic E-state index is 14.0. The number of ether oxygens (including phenoxy) is 2. The van der Waals surface area contributed by atoms with Crippen molar-refractivity contribution in [1.29, 1.82) is 5.26 Å². The monoisotopic (exact) mass is 513 g/mol. The maximum atomic E-state index is 14.0. The largest absolute Gasteiger partial charge is 0.484 e. The predicted octanol–water partition coefficient (Wildman–Crippen LogP) is 4.08. The van der Waals surface area contributed by atoms with Gasteiger partial charge in [0.25, 0.3) is 15.9 Å². The third-order valence-electron chi connectivity index (χ3n) is 5.40. The molecular formula is C25H21F2N3O5S. The van der Waals surface area contributed by atoms with Gasteiger partial charge in [-0.3, -0.25) is 9.10 Å². The molecule has 1 unspecified atom stereocenters. The second-order valence-corrected chi connectivity index (χ2v) is 9.67. The molecule has 1 aliphatic rings. The van der Waals surface area contributed by atoms with E-state index in [1.54, 1.807) is 6.92 Å². The van der Waals surface area contributed by atoms with Gasteiger partial charge >= 0.3 is 0 Å². The summed E-state index contributed by atoms with van der Waals surface area (Å²) in [6, 6.07) is 14.8. The molecule has 3 aromatic carbocycles. The fourth-order valence-corrected chi connectivity index (χ4v) is 5.26. The molecule has 36 heavy (non-hydrogen) atoms. The first-order valence-electron chi connectivity index (χ1n) is 10.9. The SMILES string of the molecule is CCOCC1CN(S(=O)(=O)c2cccc(C#N)c2)c2cc(NC(=O)c3c(F)cccc3F)ccc2O1. The number of hydrogen-bond acceptors (Lipinski definition) is 6. The first-order chi connectivity index (χ1) is 17.2. The van der Waals surface area contributed by atoms with Crippen LogP contribution in [0.25, 0.3) is 0 Å². The van der Waals surface area contributed by atoms with Crippen LogP contribution in [-0.2, 0) is 14.8 Å². The van der Waals surface area contributed by atoms with Gasteiger partial charge in [-0.15, -0.1) is 0 Å². The molecule has 8 nitrogen and oxygen atoms in total. The minimum absolute atomic E-state index is 0.0965. The summed E-state index contributed by atoms with van der Waals surface area (Å²) in [5.74, 6) is -2.89. The third-order valence-corrected chi connectivity index (χ3v) is 7.17. The molecule has 0 aromatic heterocycles. The van der Waals surface area contributed by atoms with E-state index in [-0.39, 0.29) is 40.7 Å². The summed E-state index contributed by atoms with van der Waals surface area (Å²) in [6.07, 6.45) is -0.626. The van der Waals surface area contributed by atoms with E-state index in [2.05, 4.69) is 5.32 Å². The number of anilines is 2. The average molecular weight is 514 g/mol. The molecule has 11 heteroatoms. The standard InChI is InChI=1S/C25H21F2N3O5S/c1-2-34-15-18-14-30(36(32,33)19-6-3-5-16(11-19)13-28)22-12-17(9-10-23(22)35-18)29-25(31)24-20(26)7-4-8-21(24)27/h3-12,18H,2,14-15H2,1H3,(H,29,31). The van der Waals surface area contributed by atoms with E-state index >= 15 is 0 Å². The number of amides is 1. The van der Waals surface area contributed by atoms with Gasteiger partial charge in [0, 0.05) is 12.3 Å². The Morgan fingerprint density at radius 1 is 1.17 bits per heavy atom. The van der Waals surface area contributed by atoms with Crippen LogP contribution in [0.15, 0.2) is 65.6 Å². The highest BCUT2D eigenvalue weighted by atomic mass is 32.2. The van der Waals surface area contributed by atoms with Crippen LogP contribution < -0.4 is 14.4 Å². The molecule has 1 atom stereocenters. The lowest BCUT2D eigenvalue weighted by atomic mass is 10.1. The Morgan fingerprint density at radius 2 is 1.89 bits per heavy atom. The Hall–Kier alpha value is -4.01. The molecule has 4 rings (SSSR count). The minimum Gasteiger partial charge on any atom is -0.484 e. The van der Waals surface area contributed by atoms with Gasteiger partial charge < -0.3 is 14.8 Å². The molecule has 0 spiro atoms. The highest BCUT2D eigenvalue weighted by molar-refractivity contribution is 7.92. The van der Waals surface area contributed by atoms with Crippen molar-refractivity contribution >= 4 is 27.3 Å². The molecule has 3 aromatic rings. The summed E-state index contributed by atoms with van der Waals surface area (Å²) in [5, 5.41) is 11.6. The zero-order chi connectivity index (χ0) is 25.9. The van der Waals surface area contributed by atoms with Gasteiger partial charge in [0.15, 0.2) is 0 Å². The van der Waals surface area contributed by atoms with Gasteiger partial charge in [0.2, 0.25) is 0 Å². The summed E-state index contributed by atoms with van der Waals surface area (Å²) in [6.45, 7) is 2.23. The predicted molar refractivity (Wildman–Crippen MR) is 127 cm³/mol. The molecule has 1 amide bonds. The molecule has 0 saturated heterocycles. The van der Waals surface area contributed by atoms with E-state index in [9.17, 15) is 27.3 Å². The smallest absolute Gasteiger partial charge is 0.264 e. The first-order valence-corrected chi connectivity index (χ1v) is 12.3. The van der Waals surface area contributed by atoms with E-state index in [1.807, 2.05) is 6.07 Å². The van der Waals surface area contributed by atoms with Gasteiger partial charge in [-0.2, -0.15) is 5.26 Å². The van der Waals surface area contributed by atoms with Gasteiger partial charge in [-0.05, 0) is 55.5 Å². The summed E-state index contributed by atoms with van der Waals surface area (Å²) in [7, 11) is -4.16. The number of hydrogen-bond donors (Lipinski definition) is 1. The van der Waals surface area contributed by atoms with Crippen molar-refractivity contribution in [2.75, 3.05) is 29.4 Å². The average Bonchev–Trinajstić information content (AvgIpc) is 2.87. The van der Waals surface area contributed by atoms with Crippen LogP contribution in [0.5, 0.6) is 5.75 Å². The number of benzene rings is 3. The molecule has 1 aliphatic heterocycles. The van der Waals surface area contributed by atoms with Crippen molar-refractivity contribution in [3.8, 4) is 11.8 Å². The Labute approximate surface area is 206 Å². The number of fused-ring (bicyclic) bond motifs is 1. The van der Waals surface area contributed by atoms with Crippen LogP contribution in [-0.4, -0.2) is 40.2 Å². The number of rotatable bonds is 7. The normalized spacial score (nSPS) is 14.9. The Bertz CT molecular complexity index is 1440. The van der Waals surface area contributed by atoms with Crippen molar-refractivity contribution in [1.82, 2.24) is 0 Å². The fourth-order valence-electron chi connectivity index (χ4n) is 3.72. The lowest BCUT2D eigenvalue weighted by Crippen LogP contribution is -2.45. The van der Waals surface area contributed by atoms with Crippen LogP contribution in [0.4, 0.5) is 20.2 Å². The van der Waals surface area contributed by atoms with Crippen molar-refractivity contribution in [2.45, 2.75) is 17.9 Å². The first kappa shape index (κ1) is 25.1. The second kappa shape index (κ2) is 10.3. The molecule has 0 fully saturated rings. The summed E-state index contributed by atoms with van der Waals surface area (Å²) in [5.41, 5.74) is -0.388. The molecular weight excluding hydrogens is 492 g/mol. The van der Waals surface area contributed by atoms with Crippen LogP contribution in [0.2, 0.25) is 0 Å². The number of nitriles is 1. The van der Waals surface area contributed by atoms with Crippen molar-refractivity contribution in [3.63, 3.8) is 0 Å². The van der Waals surface area contributed by atoms with E-state index < -0.39 is 39.2 Å². The van der Waals surface area contributed by atoms with E-state index in [1.165, 1.54) is 42.5 Å². The fraction of sp³-hybridized carbons (Fsp3) is 0.200. The molecule has 0 aliphatic carbocycles. The number of halogens is 2. The van der Waals surface area contributed by atoms with Crippen molar-refractivity contribution < 1.29 is 31.5 Å². The van der Waals surface area contributed by atoms with Gasteiger partial charge in [0.1, 0.15) is 29.1 Å². The topological polar surface area (TPSA) is 109 Å². The summed E-state index contributed by atoms with van der Waals surface area (Å²) < 4.78 is 67.8. The van der Waals surface area contributed by atoms with Gasteiger partial charge in [0.05, 0.1) is 35.4 Å². The highest BCUT2D eigenvalue weighted by Gasteiger charge is 2.35. The Morgan fingerprint density at radius 3 is 2.58 bits per heavy atom. The maximum Gasteiger partial charge on any atom is 0.264 e. The number of carbonyl (C=O) groups is 1.